The first-order valence-corrected chi connectivity index (χ1v) is 6.41. The number of ether oxygens (including phenoxy) is 2. The van der Waals surface area contributed by atoms with Crippen LogP contribution >= 0.6 is 0 Å². The Hall–Kier alpha value is -0.200. The van der Waals surface area contributed by atoms with Crippen LogP contribution in [-0.2, 0) is 9.47 Å². The van der Waals surface area contributed by atoms with Crippen molar-refractivity contribution >= 4 is 0 Å². The lowest BCUT2D eigenvalue weighted by Gasteiger charge is -2.47. The second kappa shape index (κ2) is 5.63. The fourth-order valence-corrected chi connectivity index (χ4v) is 2.92. The smallest absolute Gasteiger partial charge is 0.172 e. The topological polar surface area (TPSA) is 45.2 Å². The lowest BCUT2D eigenvalue weighted by atomic mass is 9.95. The molecule has 0 spiro atoms. The van der Waals surface area contributed by atoms with Crippen molar-refractivity contribution in [3.63, 3.8) is 0 Å². The van der Waals surface area contributed by atoms with Crippen molar-refractivity contribution in [3.8, 4) is 0 Å². The van der Waals surface area contributed by atoms with Gasteiger partial charge >= 0.3 is 0 Å². The van der Waals surface area contributed by atoms with Crippen LogP contribution < -0.4 is 0 Å². The third kappa shape index (κ3) is 2.98. The van der Waals surface area contributed by atoms with Gasteiger partial charge in [-0.15, -0.1) is 0 Å². The highest BCUT2D eigenvalue weighted by Crippen LogP contribution is 2.26. The monoisotopic (exact) mass is 244 g/mol. The molecule has 2 aliphatic rings. The number of aliphatic hydroxyl groups excluding tert-OH is 1. The van der Waals surface area contributed by atoms with E-state index in [0.29, 0.717) is 6.04 Å². The van der Waals surface area contributed by atoms with E-state index < -0.39 is 6.29 Å². The van der Waals surface area contributed by atoms with Crippen LogP contribution in [0.15, 0.2) is 0 Å². The van der Waals surface area contributed by atoms with Gasteiger partial charge in [-0.3, -0.25) is 4.90 Å². The molecule has 0 bridgehead atoms. The zero-order chi connectivity index (χ0) is 12.4. The zero-order valence-electron chi connectivity index (χ0n) is 11.0. The Morgan fingerprint density at radius 1 is 1.24 bits per heavy atom. The van der Waals surface area contributed by atoms with Gasteiger partial charge in [0.2, 0.25) is 0 Å². The van der Waals surface area contributed by atoms with Gasteiger partial charge in [0, 0.05) is 19.1 Å². The van der Waals surface area contributed by atoms with Crippen LogP contribution in [-0.4, -0.2) is 79.8 Å². The number of hydrogen-bond acceptors (Lipinski definition) is 5. The fourth-order valence-electron chi connectivity index (χ4n) is 2.92. The highest BCUT2D eigenvalue weighted by molar-refractivity contribution is 4.92. The highest BCUT2D eigenvalue weighted by Gasteiger charge is 2.40. The minimum Gasteiger partial charge on any atom is -0.379 e. The number of hydrogen-bond donors (Lipinski definition) is 1. The number of rotatable bonds is 2. The van der Waals surface area contributed by atoms with Crippen molar-refractivity contribution in [2.45, 2.75) is 37.8 Å². The molecule has 2 heterocycles. The molecule has 5 nitrogen and oxygen atoms in total. The molecular weight excluding hydrogens is 220 g/mol. The minimum atomic E-state index is -0.693. The van der Waals surface area contributed by atoms with Crippen LogP contribution in [0.5, 0.6) is 0 Å². The SMILES string of the molecule is C[C@@H]1C[C@@H](N2CCOCC2)[C@H](N(C)C)C(O)O1. The Morgan fingerprint density at radius 2 is 1.88 bits per heavy atom. The Kier molecular flexibility index (Phi) is 4.38. The summed E-state index contributed by atoms with van der Waals surface area (Å²) in [5, 5.41) is 10.1. The van der Waals surface area contributed by atoms with E-state index in [9.17, 15) is 5.11 Å². The van der Waals surface area contributed by atoms with Gasteiger partial charge in [0.05, 0.1) is 25.4 Å². The predicted molar refractivity (Wildman–Crippen MR) is 64.8 cm³/mol. The molecule has 1 unspecified atom stereocenters. The Morgan fingerprint density at radius 3 is 2.47 bits per heavy atom. The van der Waals surface area contributed by atoms with Crippen LogP contribution in [0.25, 0.3) is 0 Å². The van der Waals surface area contributed by atoms with Crippen LogP contribution in [0.4, 0.5) is 0 Å². The van der Waals surface area contributed by atoms with Crippen LogP contribution in [0.3, 0.4) is 0 Å². The fraction of sp³-hybridized carbons (Fsp3) is 1.00. The molecule has 17 heavy (non-hydrogen) atoms. The molecule has 0 saturated carbocycles. The standard InChI is InChI=1S/C12H24N2O3/c1-9-8-10(14-4-6-16-7-5-14)11(13(2)3)12(15)17-9/h9-12,15H,4-8H2,1-3H3/t9-,10-,11+,12?/m1/s1. The van der Waals surface area contributed by atoms with Crippen molar-refractivity contribution < 1.29 is 14.6 Å². The van der Waals surface area contributed by atoms with E-state index in [0.717, 1.165) is 32.7 Å². The van der Waals surface area contributed by atoms with Gasteiger partial charge in [0.15, 0.2) is 6.29 Å². The molecule has 0 aromatic heterocycles. The van der Waals surface area contributed by atoms with E-state index in [1.165, 1.54) is 0 Å². The van der Waals surface area contributed by atoms with Gasteiger partial charge < -0.3 is 19.5 Å². The molecule has 0 aliphatic carbocycles. The Bertz CT molecular complexity index is 244. The molecule has 2 aliphatic heterocycles. The average molecular weight is 244 g/mol. The summed E-state index contributed by atoms with van der Waals surface area (Å²) in [5.41, 5.74) is 0. The molecule has 4 atom stereocenters. The molecule has 0 amide bonds. The number of aliphatic hydroxyl groups is 1. The molecular formula is C12H24N2O3. The molecule has 5 heteroatoms. The second-order valence-electron chi connectivity index (χ2n) is 5.24. The molecule has 2 saturated heterocycles. The van der Waals surface area contributed by atoms with Gasteiger partial charge in [0.25, 0.3) is 0 Å². The zero-order valence-corrected chi connectivity index (χ0v) is 11.0. The van der Waals surface area contributed by atoms with Gasteiger partial charge in [-0.05, 0) is 27.4 Å². The van der Waals surface area contributed by atoms with Crippen LogP contribution in [0.2, 0.25) is 0 Å². The average Bonchev–Trinajstić information content (AvgIpc) is 2.28. The number of morpholine rings is 1. The Labute approximate surface area is 103 Å². The van der Waals surface area contributed by atoms with E-state index in [2.05, 4.69) is 9.80 Å². The van der Waals surface area contributed by atoms with Crippen molar-refractivity contribution in [1.29, 1.82) is 0 Å². The maximum absolute atomic E-state index is 10.1. The lowest BCUT2D eigenvalue weighted by molar-refractivity contribution is -0.214. The quantitative estimate of drug-likeness (QED) is 0.725. The minimum absolute atomic E-state index is 0.0456. The molecule has 2 rings (SSSR count). The summed E-state index contributed by atoms with van der Waals surface area (Å²) in [5.74, 6) is 0. The van der Waals surface area contributed by atoms with E-state index >= 15 is 0 Å². The molecule has 1 N–H and O–H groups in total. The first-order chi connectivity index (χ1) is 8.09. The lowest BCUT2D eigenvalue weighted by Crippen LogP contribution is -2.62. The Balaban J connectivity index is 2.08. The second-order valence-corrected chi connectivity index (χ2v) is 5.24. The molecule has 100 valence electrons. The number of likely N-dealkylation sites (N-methyl/N-ethyl adjacent to an activating group) is 1. The van der Waals surface area contributed by atoms with E-state index in [4.69, 9.17) is 9.47 Å². The maximum atomic E-state index is 10.1. The summed E-state index contributed by atoms with van der Waals surface area (Å²) in [4.78, 5) is 4.49. The van der Waals surface area contributed by atoms with Gasteiger partial charge in [0.1, 0.15) is 0 Å². The summed E-state index contributed by atoms with van der Waals surface area (Å²) in [6.07, 6.45) is 0.399. The van der Waals surface area contributed by atoms with E-state index in [1.807, 2.05) is 21.0 Å². The summed E-state index contributed by atoms with van der Waals surface area (Å²) in [6.45, 7) is 5.52. The summed E-state index contributed by atoms with van der Waals surface area (Å²) in [7, 11) is 4.00. The highest BCUT2D eigenvalue weighted by atomic mass is 16.6. The normalized spacial score (nSPS) is 40.8. The van der Waals surface area contributed by atoms with Crippen molar-refractivity contribution in [1.82, 2.24) is 9.80 Å². The van der Waals surface area contributed by atoms with E-state index in [1.54, 1.807) is 0 Å². The third-order valence-corrected chi connectivity index (χ3v) is 3.74. The first-order valence-electron chi connectivity index (χ1n) is 6.41. The molecule has 0 aromatic rings. The third-order valence-electron chi connectivity index (χ3n) is 3.74. The molecule has 2 fully saturated rings. The van der Waals surface area contributed by atoms with Crippen LogP contribution in [0, 0.1) is 0 Å². The van der Waals surface area contributed by atoms with Gasteiger partial charge in [-0.1, -0.05) is 0 Å². The van der Waals surface area contributed by atoms with Crippen molar-refractivity contribution in [2.75, 3.05) is 40.4 Å². The largest absolute Gasteiger partial charge is 0.379 e. The first kappa shape index (κ1) is 13.2. The van der Waals surface area contributed by atoms with Gasteiger partial charge in [-0.25, -0.2) is 0 Å². The van der Waals surface area contributed by atoms with Crippen molar-refractivity contribution in [2.24, 2.45) is 0 Å². The number of nitrogens with zero attached hydrogens (tertiary/aromatic N) is 2. The molecule has 0 radical (unpaired) electrons. The summed E-state index contributed by atoms with van der Waals surface area (Å²) >= 11 is 0. The molecule has 0 aromatic carbocycles. The maximum Gasteiger partial charge on any atom is 0.172 e. The predicted octanol–water partition coefficient (Wildman–Crippen LogP) is -0.255. The van der Waals surface area contributed by atoms with Gasteiger partial charge in [-0.2, -0.15) is 0 Å². The van der Waals surface area contributed by atoms with Crippen LogP contribution in [0.1, 0.15) is 13.3 Å². The summed E-state index contributed by atoms with van der Waals surface area (Å²) < 4.78 is 10.9. The summed E-state index contributed by atoms with van der Waals surface area (Å²) in [6, 6.07) is 0.400. The van der Waals surface area contributed by atoms with Crippen molar-refractivity contribution in [3.05, 3.63) is 0 Å². The van der Waals surface area contributed by atoms with E-state index in [-0.39, 0.29) is 12.1 Å².